The van der Waals surface area contributed by atoms with Crippen molar-refractivity contribution in [1.29, 1.82) is 0 Å². The molecule has 0 radical (unpaired) electrons. The molecule has 0 aliphatic carbocycles. The minimum absolute atomic E-state index is 0.0846. The van der Waals surface area contributed by atoms with E-state index in [2.05, 4.69) is 0 Å². The van der Waals surface area contributed by atoms with Crippen LogP contribution in [0, 0.1) is 4.77 Å². The van der Waals surface area contributed by atoms with Crippen molar-refractivity contribution in [2.24, 2.45) is 7.05 Å². The zero-order valence-electron chi connectivity index (χ0n) is 10.4. The Balaban J connectivity index is 3.50. The Hall–Kier alpha value is -0.870. The molecule has 0 fully saturated rings. The summed E-state index contributed by atoms with van der Waals surface area (Å²) in [7, 11) is 1.69. The summed E-state index contributed by atoms with van der Waals surface area (Å²) in [6.07, 6.45) is 5.46. The van der Waals surface area contributed by atoms with Gasteiger partial charge >= 0.3 is 0 Å². The molecule has 0 bridgehead atoms. The third-order valence-electron chi connectivity index (χ3n) is 2.59. The Kier molecular flexibility index (Phi) is 5.15. The summed E-state index contributed by atoms with van der Waals surface area (Å²) in [6, 6.07) is 0. The summed E-state index contributed by atoms with van der Waals surface area (Å²) < 4.78 is 3.72. The summed E-state index contributed by atoms with van der Waals surface area (Å²) in [5.41, 5.74) is 0.563. The van der Waals surface area contributed by atoms with Gasteiger partial charge in [0.15, 0.2) is 4.77 Å². The van der Waals surface area contributed by atoms with Crippen molar-refractivity contribution >= 4 is 23.8 Å². The van der Waals surface area contributed by atoms with Crippen LogP contribution in [0.5, 0.6) is 0 Å². The van der Waals surface area contributed by atoms with Crippen LogP contribution in [-0.4, -0.2) is 9.13 Å². The summed E-state index contributed by atoms with van der Waals surface area (Å²) >= 11 is 11.5. The summed E-state index contributed by atoms with van der Waals surface area (Å²) in [4.78, 5) is 12.0. The van der Waals surface area contributed by atoms with Crippen molar-refractivity contribution in [2.45, 2.75) is 33.2 Å². The van der Waals surface area contributed by atoms with Gasteiger partial charge in [-0.2, -0.15) is 0 Å². The van der Waals surface area contributed by atoms with E-state index in [1.807, 2.05) is 26.0 Å². The molecule has 0 amide bonds. The fourth-order valence-electron chi connectivity index (χ4n) is 1.63. The highest BCUT2D eigenvalue weighted by atomic mass is 35.5. The van der Waals surface area contributed by atoms with Gasteiger partial charge in [0.05, 0.1) is 5.56 Å². The quantitative estimate of drug-likeness (QED) is 0.478. The van der Waals surface area contributed by atoms with E-state index in [4.69, 9.17) is 23.8 Å². The zero-order chi connectivity index (χ0) is 13.0. The minimum Gasteiger partial charge on any atom is -0.305 e. The fraction of sp³-hybridized carbons (Fsp3) is 0.500. The van der Waals surface area contributed by atoms with Crippen molar-refractivity contribution in [3.05, 3.63) is 38.0 Å². The second kappa shape index (κ2) is 6.17. The Labute approximate surface area is 111 Å². The summed E-state index contributed by atoms with van der Waals surface area (Å²) in [6.45, 7) is 4.55. The van der Waals surface area contributed by atoms with Crippen LogP contribution in [0.15, 0.2) is 16.9 Å². The van der Waals surface area contributed by atoms with E-state index in [0.29, 0.717) is 28.5 Å². The highest BCUT2D eigenvalue weighted by Gasteiger charge is 2.12. The van der Waals surface area contributed by atoms with E-state index in [9.17, 15) is 4.79 Å². The molecular formula is C12H17ClN2OS. The van der Waals surface area contributed by atoms with E-state index >= 15 is 0 Å². The first-order valence-corrected chi connectivity index (χ1v) is 6.42. The van der Waals surface area contributed by atoms with Crippen LogP contribution < -0.4 is 5.56 Å². The zero-order valence-corrected chi connectivity index (χ0v) is 11.9. The highest BCUT2D eigenvalue weighted by molar-refractivity contribution is 7.71. The third-order valence-corrected chi connectivity index (χ3v) is 3.52. The molecule has 0 aliphatic rings. The molecule has 1 rings (SSSR count). The van der Waals surface area contributed by atoms with E-state index < -0.39 is 0 Å². The van der Waals surface area contributed by atoms with Crippen LogP contribution in [0.2, 0.25) is 5.15 Å². The van der Waals surface area contributed by atoms with Gasteiger partial charge in [-0.25, -0.2) is 0 Å². The lowest BCUT2D eigenvalue weighted by Crippen LogP contribution is -2.27. The number of halogens is 1. The van der Waals surface area contributed by atoms with E-state index in [1.54, 1.807) is 11.6 Å². The third kappa shape index (κ3) is 2.87. The Bertz CT molecular complexity index is 543. The normalized spacial score (nSPS) is 11.3. The molecule has 0 atom stereocenters. The SMILES string of the molecule is CC=CCn1c(Cl)c(CCC)c(=O)n(C)c1=S. The molecule has 5 heteroatoms. The van der Waals surface area contributed by atoms with Gasteiger partial charge in [-0.3, -0.25) is 9.36 Å². The molecule has 94 valence electrons. The summed E-state index contributed by atoms with van der Waals surface area (Å²) in [5.74, 6) is 0. The smallest absolute Gasteiger partial charge is 0.258 e. The molecule has 0 saturated heterocycles. The molecule has 0 saturated carbocycles. The molecule has 0 spiro atoms. The first-order chi connectivity index (χ1) is 8.04. The van der Waals surface area contributed by atoms with Crippen LogP contribution in [0.3, 0.4) is 0 Å². The number of hydrogen-bond donors (Lipinski definition) is 0. The maximum atomic E-state index is 12.0. The van der Waals surface area contributed by atoms with E-state index in [-0.39, 0.29) is 5.56 Å². The number of rotatable bonds is 4. The Morgan fingerprint density at radius 3 is 2.65 bits per heavy atom. The number of nitrogens with zero attached hydrogens (tertiary/aromatic N) is 2. The minimum atomic E-state index is -0.0846. The highest BCUT2D eigenvalue weighted by Crippen LogP contribution is 2.15. The van der Waals surface area contributed by atoms with Crippen molar-refractivity contribution in [1.82, 2.24) is 9.13 Å². The monoisotopic (exact) mass is 272 g/mol. The summed E-state index contributed by atoms with van der Waals surface area (Å²) in [5, 5.41) is 0.470. The topological polar surface area (TPSA) is 26.9 Å². The second-order valence-corrected chi connectivity index (χ2v) is 4.57. The molecule has 1 aromatic rings. The van der Waals surface area contributed by atoms with E-state index in [0.717, 1.165) is 6.42 Å². The predicted molar refractivity (Wildman–Crippen MR) is 74.3 cm³/mol. The van der Waals surface area contributed by atoms with Crippen molar-refractivity contribution in [3.8, 4) is 0 Å². The maximum Gasteiger partial charge on any atom is 0.258 e. The van der Waals surface area contributed by atoms with Crippen molar-refractivity contribution in [3.63, 3.8) is 0 Å². The Morgan fingerprint density at radius 1 is 1.47 bits per heavy atom. The van der Waals surface area contributed by atoms with Gasteiger partial charge in [-0.1, -0.05) is 37.1 Å². The lowest BCUT2D eigenvalue weighted by Gasteiger charge is -2.13. The molecule has 0 N–H and O–H groups in total. The number of allylic oxidation sites excluding steroid dienone is 2. The van der Waals surface area contributed by atoms with Crippen LogP contribution in [0.25, 0.3) is 0 Å². The van der Waals surface area contributed by atoms with Gasteiger partial charge in [-0.05, 0) is 25.6 Å². The predicted octanol–water partition coefficient (Wildman–Crippen LogP) is 3.10. The molecule has 1 aromatic heterocycles. The van der Waals surface area contributed by atoms with Crippen LogP contribution in [0.4, 0.5) is 0 Å². The van der Waals surface area contributed by atoms with Gasteiger partial charge in [0.1, 0.15) is 5.15 Å². The van der Waals surface area contributed by atoms with Crippen molar-refractivity contribution < 1.29 is 0 Å². The lowest BCUT2D eigenvalue weighted by atomic mass is 10.2. The van der Waals surface area contributed by atoms with Crippen LogP contribution in [0.1, 0.15) is 25.8 Å². The molecule has 17 heavy (non-hydrogen) atoms. The molecule has 3 nitrogen and oxygen atoms in total. The van der Waals surface area contributed by atoms with Crippen LogP contribution in [-0.2, 0) is 20.0 Å². The maximum absolute atomic E-state index is 12.0. The van der Waals surface area contributed by atoms with Gasteiger partial charge in [0.25, 0.3) is 5.56 Å². The molecule has 0 aromatic carbocycles. The van der Waals surface area contributed by atoms with Crippen molar-refractivity contribution in [2.75, 3.05) is 0 Å². The van der Waals surface area contributed by atoms with Gasteiger partial charge in [0.2, 0.25) is 0 Å². The van der Waals surface area contributed by atoms with Gasteiger partial charge in [-0.15, -0.1) is 0 Å². The van der Waals surface area contributed by atoms with E-state index in [1.165, 1.54) is 4.57 Å². The largest absolute Gasteiger partial charge is 0.305 e. The molecular weight excluding hydrogens is 256 g/mol. The van der Waals surface area contributed by atoms with Crippen LogP contribution >= 0.6 is 23.8 Å². The lowest BCUT2D eigenvalue weighted by molar-refractivity contribution is 0.663. The standard InChI is InChI=1S/C12H17ClN2OS/c1-4-6-8-15-10(13)9(7-5-2)11(16)14(3)12(15)17/h4,6H,5,7-8H2,1-3H3. The molecule has 0 unspecified atom stereocenters. The fourth-order valence-corrected chi connectivity index (χ4v) is 2.26. The first-order valence-electron chi connectivity index (χ1n) is 5.63. The first kappa shape index (κ1) is 14.2. The van der Waals surface area contributed by atoms with Gasteiger partial charge in [0, 0.05) is 13.6 Å². The Morgan fingerprint density at radius 2 is 2.12 bits per heavy atom. The number of aromatic nitrogens is 2. The molecule has 0 aliphatic heterocycles. The van der Waals surface area contributed by atoms with Gasteiger partial charge < -0.3 is 4.57 Å². The number of hydrogen-bond acceptors (Lipinski definition) is 2. The second-order valence-electron chi connectivity index (χ2n) is 3.85. The average molecular weight is 273 g/mol. The molecule has 1 heterocycles. The average Bonchev–Trinajstić information content (AvgIpc) is 2.32.